The molecule has 100 valence electrons. The molecule has 0 spiro atoms. The van der Waals surface area contributed by atoms with Crippen molar-refractivity contribution in [1.29, 1.82) is 0 Å². The highest BCUT2D eigenvalue weighted by Crippen LogP contribution is 2.21. The molecular formula is C14H14O4S. The molecule has 0 unspecified atom stereocenters. The van der Waals surface area contributed by atoms with Gasteiger partial charge in [0, 0.05) is 11.1 Å². The minimum absolute atomic E-state index is 0.0705. The molecule has 0 aliphatic carbocycles. The molecule has 0 atom stereocenters. The lowest BCUT2D eigenvalue weighted by atomic mass is 10.1. The number of ether oxygens (including phenoxy) is 1. The van der Waals surface area contributed by atoms with E-state index >= 15 is 0 Å². The molecule has 0 saturated heterocycles. The first-order valence-corrected chi connectivity index (χ1v) is 6.85. The number of rotatable bonds is 7. The first kappa shape index (κ1) is 13.7. The van der Waals surface area contributed by atoms with Crippen LogP contribution in [0.3, 0.4) is 0 Å². The molecule has 5 heteroatoms. The predicted octanol–water partition coefficient (Wildman–Crippen LogP) is 2.50. The van der Waals surface area contributed by atoms with Crippen LogP contribution in [0.25, 0.3) is 10.1 Å². The molecule has 1 N–H and O–H groups in total. The number of thiophene rings is 1. The molecule has 0 fully saturated rings. The molecule has 4 nitrogen and oxygen atoms in total. The Hall–Kier alpha value is -1.72. The molecule has 0 radical (unpaired) electrons. The van der Waals surface area contributed by atoms with Crippen molar-refractivity contribution in [3.05, 3.63) is 35.2 Å². The standard InChI is InChI=1S/C14H14O4S/c15-12(14(16)17)4-7-18-6-3-10-1-2-13-11(9-10)5-8-19-13/h1-2,5,8-9H,3-4,6-7H2,(H,16,17). The maximum Gasteiger partial charge on any atom is 0.372 e. The van der Waals surface area contributed by atoms with Crippen LogP contribution in [0.15, 0.2) is 29.6 Å². The van der Waals surface area contributed by atoms with E-state index in [1.54, 1.807) is 11.3 Å². The van der Waals surface area contributed by atoms with Crippen molar-refractivity contribution in [2.45, 2.75) is 12.8 Å². The fourth-order valence-electron chi connectivity index (χ4n) is 1.74. The van der Waals surface area contributed by atoms with Crippen LogP contribution in [0, 0.1) is 0 Å². The highest BCUT2D eigenvalue weighted by molar-refractivity contribution is 7.17. The molecule has 0 aliphatic rings. The Morgan fingerprint density at radius 2 is 2.05 bits per heavy atom. The molecule has 0 saturated carbocycles. The van der Waals surface area contributed by atoms with E-state index < -0.39 is 11.8 Å². The van der Waals surface area contributed by atoms with Crippen LogP contribution in [0.2, 0.25) is 0 Å². The maximum absolute atomic E-state index is 10.8. The highest BCUT2D eigenvalue weighted by atomic mass is 32.1. The number of carbonyl (C=O) groups is 2. The van der Waals surface area contributed by atoms with Gasteiger partial charge in [-0.2, -0.15) is 0 Å². The lowest BCUT2D eigenvalue weighted by molar-refractivity contribution is -0.149. The monoisotopic (exact) mass is 278 g/mol. The van der Waals surface area contributed by atoms with Gasteiger partial charge < -0.3 is 9.84 Å². The van der Waals surface area contributed by atoms with E-state index in [-0.39, 0.29) is 13.0 Å². The van der Waals surface area contributed by atoms with Gasteiger partial charge in [0.25, 0.3) is 0 Å². The quantitative estimate of drug-likeness (QED) is 0.624. The molecule has 19 heavy (non-hydrogen) atoms. The summed E-state index contributed by atoms with van der Waals surface area (Å²) in [6, 6.07) is 8.35. The summed E-state index contributed by atoms with van der Waals surface area (Å²) in [7, 11) is 0. The van der Waals surface area contributed by atoms with Crippen LogP contribution in [0.1, 0.15) is 12.0 Å². The fourth-order valence-corrected chi connectivity index (χ4v) is 2.51. The third kappa shape index (κ3) is 3.87. The Morgan fingerprint density at radius 1 is 1.21 bits per heavy atom. The number of carboxylic acids is 1. The average Bonchev–Trinajstić information content (AvgIpc) is 2.85. The molecule has 1 aromatic heterocycles. The van der Waals surface area contributed by atoms with Crippen molar-refractivity contribution in [2.75, 3.05) is 13.2 Å². The molecular weight excluding hydrogens is 264 g/mol. The van der Waals surface area contributed by atoms with Crippen LogP contribution in [0.5, 0.6) is 0 Å². The Kier molecular flexibility index (Phi) is 4.65. The van der Waals surface area contributed by atoms with Crippen LogP contribution in [-0.4, -0.2) is 30.1 Å². The zero-order valence-corrected chi connectivity index (χ0v) is 11.1. The van der Waals surface area contributed by atoms with Gasteiger partial charge >= 0.3 is 5.97 Å². The van der Waals surface area contributed by atoms with Crippen molar-refractivity contribution in [3.63, 3.8) is 0 Å². The molecule has 1 heterocycles. The first-order valence-electron chi connectivity index (χ1n) is 5.97. The third-order valence-corrected chi connectivity index (χ3v) is 3.66. The summed E-state index contributed by atoms with van der Waals surface area (Å²) in [6.07, 6.45) is 0.686. The van der Waals surface area contributed by atoms with Crippen LogP contribution >= 0.6 is 11.3 Å². The van der Waals surface area contributed by atoms with Crippen molar-refractivity contribution in [3.8, 4) is 0 Å². The molecule has 2 rings (SSSR count). The molecule has 0 bridgehead atoms. The summed E-state index contributed by atoms with van der Waals surface area (Å²) in [5.41, 5.74) is 1.18. The number of ketones is 1. The van der Waals surface area contributed by atoms with Gasteiger partial charge in [-0.1, -0.05) is 12.1 Å². The fraction of sp³-hybridized carbons (Fsp3) is 0.286. The van der Waals surface area contributed by atoms with Crippen molar-refractivity contribution >= 4 is 33.2 Å². The second-order valence-electron chi connectivity index (χ2n) is 4.13. The lowest BCUT2D eigenvalue weighted by Gasteiger charge is -2.03. The van der Waals surface area contributed by atoms with Gasteiger partial charge in [-0.3, -0.25) is 4.79 Å². The van der Waals surface area contributed by atoms with E-state index in [4.69, 9.17) is 9.84 Å². The third-order valence-electron chi connectivity index (χ3n) is 2.76. The normalized spacial score (nSPS) is 10.7. The molecule has 0 amide bonds. The van der Waals surface area contributed by atoms with Crippen molar-refractivity contribution in [2.24, 2.45) is 0 Å². The van der Waals surface area contributed by atoms with Gasteiger partial charge in [-0.25, -0.2) is 4.79 Å². The number of Topliss-reactive ketones (excluding diaryl/α,β-unsaturated/α-hetero) is 1. The Morgan fingerprint density at radius 3 is 2.84 bits per heavy atom. The molecule has 0 aliphatic heterocycles. The van der Waals surface area contributed by atoms with Gasteiger partial charge in [-0.05, 0) is 34.9 Å². The number of hydrogen-bond acceptors (Lipinski definition) is 4. The summed E-state index contributed by atoms with van der Waals surface area (Å²) < 4.78 is 6.53. The Balaban J connectivity index is 1.73. The van der Waals surface area contributed by atoms with Gasteiger partial charge in [0.2, 0.25) is 5.78 Å². The Labute approximate surface area is 114 Å². The van der Waals surface area contributed by atoms with Crippen LogP contribution in [-0.2, 0) is 20.7 Å². The summed E-state index contributed by atoms with van der Waals surface area (Å²) in [5.74, 6) is -2.20. The van der Waals surface area contributed by atoms with Crippen molar-refractivity contribution in [1.82, 2.24) is 0 Å². The summed E-state index contributed by atoms with van der Waals surface area (Å²) in [6.45, 7) is 0.647. The SMILES string of the molecule is O=C(O)C(=O)CCOCCc1ccc2sccc2c1. The smallest absolute Gasteiger partial charge is 0.372 e. The predicted molar refractivity (Wildman–Crippen MR) is 73.6 cm³/mol. The largest absolute Gasteiger partial charge is 0.475 e. The van der Waals surface area contributed by atoms with E-state index in [2.05, 4.69) is 29.6 Å². The zero-order valence-electron chi connectivity index (χ0n) is 10.3. The van der Waals surface area contributed by atoms with Gasteiger partial charge in [-0.15, -0.1) is 11.3 Å². The van der Waals surface area contributed by atoms with Gasteiger partial charge in [0.05, 0.1) is 13.2 Å². The number of hydrogen-bond donors (Lipinski definition) is 1. The Bertz CT molecular complexity index is 588. The van der Waals surface area contributed by atoms with E-state index in [1.165, 1.54) is 15.6 Å². The summed E-state index contributed by atoms with van der Waals surface area (Å²) in [5, 5.41) is 11.7. The lowest BCUT2D eigenvalue weighted by Crippen LogP contribution is -2.15. The second-order valence-corrected chi connectivity index (χ2v) is 5.08. The van der Waals surface area contributed by atoms with Gasteiger partial charge in [0.1, 0.15) is 0 Å². The van der Waals surface area contributed by atoms with Crippen molar-refractivity contribution < 1.29 is 19.4 Å². The minimum Gasteiger partial charge on any atom is -0.475 e. The van der Waals surface area contributed by atoms with Gasteiger partial charge in [0.15, 0.2) is 0 Å². The average molecular weight is 278 g/mol. The number of carboxylic acid groups (broad SMARTS) is 1. The number of aliphatic carboxylic acids is 1. The molecule has 1 aromatic carbocycles. The number of fused-ring (bicyclic) bond motifs is 1. The first-order chi connectivity index (χ1) is 9.16. The summed E-state index contributed by atoms with van der Waals surface area (Å²) in [4.78, 5) is 21.1. The van der Waals surface area contributed by atoms with E-state index in [0.717, 1.165) is 6.42 Å². The van der Waals surface area contributed by atoms with Crippen LogP contribution < -0.4 is 0 Å². The zero-order chi connectivity index (χ0) is 13.7. The van der Waals surface area contributed by atoms with E-state index in [9.17, 15) is 9.59 Å². The highest BCUT2D eigenvalue weighted by Gasteiger charge is 2.10. The number of benzene rings is 1. The van der Waals surface area contributed by atoms with Crippen LogP contribution in [0.4, 0.5) is 0 Å². The minimum atomic E-state index is -1.40. The molecule has 2 aromatic rings. The second kappa shape index (κ2) is 6.45. The number of carbonyl (C=O) groups excluding carboxylic acids is 1. The topological polar surface area (TPSA) is 63.6 Å². The maximum atomic E-state index is 10.8. The van der Waals surface area contributed by atoms with E-state index in [1.807, 2.05) is 0 Å². The summed E-state index contributed by atoms with van der Waals surface area (Å²) >= 11 is 1.71. The van der Waals surface area contributed by atoms with E-state index in [0.29, 0.717) is 6.61 Å².